The summed E-state index contributed by atoms with van der Waals surface area (Å²) in [5.41, 5.74) is 10.7. The van der Waals surface area contributed by atoms with Crippen molar-refractivity contribution in [3.05, 3.63) is 53.9 Å². The zero-order chi connectivity index (χ0) is 19.0. The molecule has 1 fully saturated rings. The molecule has 0 saturated heterocycles. The molecule has 0 aliphatic heterocycles. The Balaban J connectivity index is 1.79. The standard InChI is InChI=1S/C21H24N4O2/c1-13(15-5-6-15)24-20-18(21(22)27)11-23-25-12-17(10-19(20)25)16-4-2-3-14(9-16)7-8-26/h2-4,9-13,15,24,26H,5-8H2,1H3,(H2,22,27)/t13-/m1/s1. The molecule has 1 saturated carbocycles. The van der Waals surface area contributed by atoms with Crippen molar-refractivity contribution < 1.29 is 9.90 Å². The van der Waals surface area contributed by atoms with Gasteiger partial charge in [0.1, 0.15) is 0 Å². The van der Waals surface area contributed by atoms with Gasteiger partial charge in [0.2, 0.25) is 0 Å². The van der Waals surface area contributed by atoms with Gasteiger partial charge < -0.3 is 16.2 Å². The normalized spacial score (nSPS) is 15.0. The maximum Gasteiger partial charge on any atom is 0.252 e. The number of hydrogen-bond acceptors (Lipinski definition) is 4. The van der Waals surface area contributed by atoms with Gasteiger partial charge in [0.05, 0.1) is 23.0 Å². The van der Waals surface area contributed by atoms with E-state index in [1.54, 1.807) is 4.52 Å². The first-order valence-electron chi connectivity index (χ1n) is 9.34. The Kier molecular flexibility index (Phi) is 4.58. The maximum absolute atomic E-state index is 11.9. The molecule has 1 aliphatic carbocycles. The average Bonchev–Trinajstić information content (AvgIpc) is 3.41. The Morgan fingerprint density at radius 3 is 2.89 bits per heavy atom. The Morgan fingerprint density at radius 1 is 1.37 bits per heavy atom. The van der Waals surface area contributed by atoms with Crippen LogP contribution in [0.4, 0.5) is 5.69 Å². The van der Waals surface area contributed by atoms with E-state index in [0.29, 0.717) is 17.9 Å². The highest BCUT2D eigenvalue weighted by Gasteiger charge is 2.29. The maximum atomic E-state index is 11.9. The van der Waals surface area contributed by atoms with Crippen LogP contribution < -0.4 is 11.1 Å². The van der Waals surface area contributed by atoms with Crippen LogP contribution in [0.15, 0.2) is 42.7 Å². The van der Waals surface area contributed by atoms with Crippen LogP contribution in [0, 0.1) is 5.92 Å². The number of nitrogens with two attached hydrogens (primary N) is 1. The largest absolute Gasteiger partial charge is 0.396 e. The van der Waals surface area contributed by atoms with E-state index < -0.39 is 5.91 Å². The Labute approximate surface area is 158 Å². The molecule has 2 heterocycles. The van der Waals surface area contributed by atoms with Crippen molar-refractivity contribution in [1.29, 1.82) is 0 Å². The van der Waals surface area contributed by atoms with Crippen molar-refractivity contribution in [1.82, 2.24) is 9.61 Å². The summed E-state index contributed by atoms with van der Waals surface area (Å²) in [5.74, 6) is 0.159. The van der Waals surface area contributed by atoms with Crippen molar-refractivity contribution >= 4 is 17.1 Å². The number of aliphatic hydroxyl groups excluding tert-OH is 1. The molecule has 0 radical (unpaired) electrons. The molecule has 3 aromatic rings. The number of hydrogen-bond donors (Lipinski definition) is 3. The third-order valence-corrected chi connectivity index (χ3v) is 5.26. The van der Waals surface area contributed by atoms with Gasteiger partial charge in [-0.1, -0.05) is 24.3 Å². The van der Waals surface area contributed by atoms with Gasteiger partial charge in [-0.3, -0.25) is 4.79 Å². The fraction of sp³-hybridized carbons (Fsp3) is 0.333. The van der Waals surface area contributed by atoms with Crippen LogP contribution in [0.3, 0.4) is 0 Å². The predicted molar refractivity (Wildman–Crippen MR) is 106 cm³/mol. The lowest BCUT2D eigenvalue weighted by atomic mass is 10.0. The molecule has 0 spiro atoms. The van der Waals surface area contributed by atoms with Crippen LogP contribution >= 0.6 is 0 Å². The highest BCUT2D eigenvalue weighted by atomic mass is 16.3. The minimum Gasteiger partial charge on any atom is -0.396 e. The summed E-state index contributed by atoms with van der Waals surface area (Å²) >= 11 is 0. The zero-order valence-corrected chi connectivity index (χ0v) is 15.4. The number of primary amides is 1. The molecule has 1 aliphatic rings. The highest BCUT2D eigenvalue weighted by Crippen LogP contribution is 2.36. The molecule has 1 amide bonds. The predicted octanol–water partition coefficient (Wildman–Crippen LogP) is 2.85. The van der Waals surface area contributed by atoms with Crippen LogP contribution in [0.5, 0.6) is 0 Å². The first-order chi connectivity index (χ1) is 13.1. The van der Waals surface area contributed by atoms with Crippen LogP contribution in [0.25, 0.3) is 16.6 Å². The lowest BCUT2D eigenvalue weighted by Gasteiger charge is -2.17. The van der Waals surface area contributed by atoms with Gasteiger partial charge in [0, 0.05) is 24.4 Å². The van der Waals surface area contributed by atoms with E-state index in [0.717, 1.165) is 27.9 Å². The number of benzene rings is 1. The van der Waals surface area contributed by atoms with Gasteiger partial charge in [0.15, 0.2) is 0 Å². The molecule has 4 rings (SSSR count). The number of aliphatic hydroxyl groups is 1. The monoisotopic (exact) mass is 364 g/mol. The minimum atomic E-state index is -0.483. The zero-order valence-electron chi connectivity index (χ0n) is 15.4. The number of fused-ring (bicyclic) bond motifs is 1. The third kappa shape index (κ3) is 3.53. The molecule has 2 aromatic heterocycles. The van der Waals surface area contributed by atoms with Gasteiger partial charge in [-0.25, -0.2) is 4.52 Å². The van der Waals surface area contributed by atoms with Crippen LogP contribution in [-0.4, -0.2) is 33.3 Å². The first kappa shape index (κ1) is 17.5. The van der Waals surface area contributed by atoms with Crippen LogP contribution in [-0.2, 0) is 6.42 Å². The third-order valence-electron chi connectivity index (χ3n) is 5.26. The summed E-state index contributed by atoms with van der Waals surface area (Å²) in [6.07, 6.45) is 6.53. The SMILES string of the molecule is C[C@@H](Nc1c(C(N)=O)cnn2cc(-c3cccc(CCO)c3)cc12)C1CC1. The van der Waals surface area contributed by atoms with Crippen molar-refractivity contribution in [2.24, 2.45) is 11.7 Å². The first-order valence-corrected chi connectivity index (χ1v) is 9.34. The number of nitrogens with one attached hydrogen (secondary N) is 1. The summed E-state index contributed by atoms with van der Waals surface area (Å²) in [6, 6.07) is 10.4. The number of anilines is 1. The molecular weight excluding hydrogens is 340 g/mol. The van der Waals surface area contributed by atoms with E-state index in [1.165, 1.54) is 19.0 Å². The lowest BCUT2D eigenvalue weighted by Crippen LogP contribution is -2.22. The van der Waals surface area contributed by atoms with Gasteiger partial charge >= 0.3 is 0 Å². The number of amides is 1. The summed E-state index contributed by atoms with van der Waals surface area (Å²) in [6.45, 7) is 2.26. The average molecular weight is 364 g/mol. The highest BCUT2D eigenvalue weighted by molar-refractivity contribution is 6.02. The van der Waals surface area contributed by atoms with E-state index in [2.05, 4.69) is 23.4 Å². The smallest absolute Gasteiger partial charge is 0.252 e. The number of carbonyl (C=O) groups excluding carboxylic acids is 1. The summed E-state index contributed by atoms with van der Waals surface area (Å²) in [7, 11) is 0. The lowest BCUT2D eigenvalue weighted by molar-refractivity contribution is 0.100. The molecule has 0 unspecified atom stereocenters. The molecular formula is C21H24N4O2. The molecule has 6 heteroatoms. The van der Waals surface area contributed by atoms with Crippen molar-refractivity contribution in [2.75, 3.05) is 11.9 Å². The molecule has 0 bridgehead atoms. The van der Waals surface area contributed by atoms with Gasteiger partial charge in [0.25, 0.3) is 5.91 Å². The summed E-state index contributed by atoms with van der Waals surface area (Å²) < 4.78 is 1.78. The fourth-order valence-electron chi connectivity index (χ4n) is 3.53. The summed E-state index contributed by atoms with van der Waals surface area (Å²) in [5, 5.41) is 17.1. The Bertz CT molecular complexity index is 991. The number of carbonyl (C=O) groups is 1. The quantitative estimate of drug-likeness (QED) is 0.601. The van der Waals surface area contributed by atoms with Crippen molar-refractivity contribution in [3.63, 3.8) is 0 Å². The molecule has 1 aromatic carbocycles. The molecule has 4 N–H and O–H groups in total. The second kappa shape index (κ2) is 7.04. The van der Waals surface area contributed by atoms with Gasteiger partial charge in [-0.05, 0) is 49.3 Å². The van der Waals surface area contributed by atoms with Crippen molar-refractivity contribution in [3.8, 4) is 11.1 Å². The molecule has 6 nitrogen and oxygen atoms in total. The number of nitrogens with zero attached hydrogens (tertiary/aromatic N) is 2. The molecule has 1 atom stereocenters. The summed E-state index contributed by atoms with van der Waals surface area (Å²) in [4.78, 5) is 11.9. The fourth-order valence-corrected chi connectivity index (χ4v) is 3.53. The van der Waals surface area contributed by atoms with E-state index >= 15 is 0 Å². The van der Waals surface area contributed by atoms with E-state index in [-0.39, 0.29) is 12.6 Å². The molecule has 27 heavy (non-hydrogen) atoms. The van der Waals surface area contributed by atoms with Gasteiger partial charge in [-0.2, -0.15) is 5.10 Å². The van der Waals surface area contributed by atoms with E-state index in [4.69, 9.17) is 5.73 Å². The minimum absolute atomic E-state index is 0.123. The Hall–Kier alpha value is -2.86. The van der Waals surface area contributed by atoms with Crippen LogP contribution in [0.1, 0.15) is 35.7 Å². The van der Waals surface area contributed by atoms with Crippen LogP contribution in [0.2, 0.25) is 0 Å². The second-order valence-corrected chi connectivity index (χ2v) is 7.30. The topological polar surface area (TPSA) is 92.6 Å². The van der Waals surface area contributed by atoms with E-state index in [1.807, 2.05) is 30.5 Å². The van der Waals surface area contributed by atoms with Gasteiger partial charge in [-0.15, -0.1) is 0 Å². The Morgan fingerprint density at radius 2 is 2.19 bits per heavy atom. The van der Waals surface area contributed by atoms with Crippen molar-refractivity contribution in [2.45, 2.75) is 32.2 Å². The number of rotatable bonds is 7. The molecule has 140 valence electrons. The second-order valence-electron chi connectivity index (χ2n) is 7.30. The van der Waals surface area contributed by atoms with E-state index in [9.17, 15) is 9.90 Å². The number of aromatic nitrogens is 2.